The van der Waals surface area contributed by atoms with E-state index in [2.05, 4.69) is 9.73 Å². The Morgan fingerprint density at radius 2 is 1.66 bits per heavy atom. The van der Waals surface area contributed by atoms with Crippen molar-refractivity contribution in [2.45, 2.75) is 6.92 Å². The minimum Gasteiger partial charge on any atom is -0.490 e. The highest BCUT2D eigenvalue weighted by Crippen LogP contribution is 2.29. The van der Waals surface area contributed by atoms with E-state index in [0.29, 0.717) is 18.1 Å². The Morgan fingerprint density at radius 1 is 0.931 bits per heavy atom. The highest BCUT2D eigenvalue weighted by atomic mass is 16.7. The first-order chi connectivity index (χ1) is 14.2. The van der Waals surface area contributed by atoms with Crippen LogP contribution in [0.15, 0.2) is 77.8 Å². The molecular weight excluding hydrogens is 370 g/mol. The predicted octanol–water partition coefficient (Wildman–Crippen LogP) is 5.77. The zero-order chi connectivity index (χ0) is 20.5. The van der Waals surface area contributed by atoms with Crippen LogP contribution >= 0.6 is 0 Å². The molecule has 0 saturated carbocycles. The molecule has 0 atom stereocenters. The third-order valence-corrected chi connectivity index (χ3v) is 3.81. The van der Waals surface area contributed by atoms with Crippen molar-refractivity contribution < 1.29 is 23.7 Å². The number of aliphatic imine (C=N–C) groups is 1. The van der Waals surface area contributed by atoms with Gasteiger partial charge in [-0.05, 0) is 67.1 Å². The lowest BCUT2D eigenvalue weighted by Gasteiger charge is -2.10. The molecule has 0 bridgehead atoms. The number of benzene rings is 3. The SMILES string of the molecule is CCOc1cc(C=Nc2ccc(Oc3ccccc3)cc2)ccc1OC(=O)OC. The standard InChI is InChI=1S/C23H21NO5/c1-3-27-22-15-17(9-14-21(22)29-23(25)26-2)16-24-18-10-12-20(13-11-18)28-19-7-5-4-6-8-19/h4-16H,3H2,1-2H3. The molecule has 0 amide bonds. The zero-order valence-corrected chi connectivity index (χ0v) is 16.2. The van der Waals surface area contributed by atoms with Crippen molar-refractivity contribution in [3.8, 4) is 23.0 Å². The summed E-state index contributed by atoms with van der Waals surface area (Å²) in [5.74, 6) is 2.24. The second kappa shape index (κ2) is 9.94. The maximum atomic E-state index is 11.3. The van der Waals surface area contributed by atoms with Crippen LogP contribution in [-0.4, -0.2) is 26.1 Å². The van der Waals surface area contributed by atoms with E-state index in [-0.39, 0.29) is 0 Å². The smallest absolute Gasteiger partial charge is 0.490 e. The summed E-state index contributed by atoms with van der Waals surface area (Å²) in [6.45, 7) is 2.28. The number of para-hydroxylation sites is 1. The summed E-state index contributed by atoms with van der Waals surface area (Å²) in [7, 11) is 1.25. The molecule has 3 aromatic rings. The van der Waals surface area contributed by atoms with Gasteiger partial charge >= 0.3 is 6.16 Å². The molecule has 3 rings (SSSR count). The molecule has 6 heteroatoms. The molecule has 0 aliphatic heterocycles. The van der Waals surface area contributed by atoms with Crippen LogP contribution in [0.5, 0.6) is 23.0 Å². The van der Waals surface area contributed by atoms with Gasteiger partial charge in [-0.15, -0.1) is 0 Å². The van der Waals surface area contributed by atoms with Crippen molar-refractivity contribution in [3.05, 3.63) is 78.4 Å². The van der Waals surface area contributed by atoms with Gasteiger partial charge in [0.1, 0.15) is 11.5 Å². The highest BCUT2D eigenvalue weighted by Gasteiger charge is 2.11. The van der Waals surface area contributed by atoms with Crippen molar-refractivity contribution >= 4 is 18.1 Å². The molecule has 0 fully saturated rings. The molecule has 0 spiro atoms. The number of nitrogens with zero attached hydrogens (tertiary/aromatic N) is 1. The summed E-state index contributed by atoms with van der Waals surface area (Å²) < 4.78 is 20.9. The first kappa shape index (κ1) is 19.9. The van der Waals surface area contributed by atoms with E-state index >= 15 is 0 Å². The number of hydrogen-bond acceptors (Lipinski definition) is 6. The van der Waals surface area contributed by atoms with Crippen molar-refractivity contribution in [3.63, 3.8) is 0 Å². The number of hydrogen-bond donors (Lipinski definition) is 0. The van der Waals surface area contributed by atoms with E-state index < -0.39 is 6.16 Å². The summed E-state index contributed by atoms with van der Waals surface area (Å²) in [6.07, 6.45) is 0.905. The monoisotopic (exact) mass is 391 g/mol. The van der Waals surface area contributed by atoms with Crippen LogP contribution in [0, 0.1) is 0 Å². The van der Waals surface area contributed by atoms with Crippen LogP contribution in [0.25, 0.3) is 0 Å². The zero-order valence-electron chi connectivity index (χ0n) is 16.2. The molecule has 0 saturated heterocycles. The lowest BCUT2D eigenvalue weighted by atomic mass is 10.2. The predicted molar refractivity (Wildman–Crippen MR) is 111 cm³/mol. The van der Waals surface area contributed by atoms with Crippen molar-refractivity contribution in [2.75, 3.05) is 13.7 Å². The van der Waals surface area contributed by atoms with Crippen LogP contribution < -0.4 is 14.2 Å². The minimum atomic E-state index is -0.801. The molecular formula is C23H21NO5. The first-order valence-electron chi connectivity index (χ1n) is 9.07. The lowest BCUT2D eigenvalue weighted by molar-refractivity contribution is 0.119. The van der Waals surface area contributed by atoms with Gasteiger partial charge in [0.15, 0.2) is 11.5 Å². The van der Waals surface area contributed by atoms with Gasteiger partial charge in [-0.3, -0.25) is 4.99 Å². The third kappa shape index (κ3) is 5.84. The van der Waals surface area contributed by atoms with Crippen LogP contribution in [-0.2, 0) is 4.74 Å². The van der Waals surface area contributed by atoms with Gasteiger partial charge in [0.2, 0.25) is 0 Å². The van der Waals surface area contributed by atoms with Crippen LogP contribution in [0.1, 0.15) is 12.5 Å². The summed E-state index contributed by atoms with van der Waals surface area (Å²) in [5.41, 5.74) is 1.58. The summed E-state index contributed by atoms with van der Waals surface area (Å²) in [5, 5.41) is 0. The van der Waals surface area contributed by atoms with Crippen molar-refractivity contribution in [1.82, 2.24) is 0 Å². The Balaban J connectivity index is 1.70. The number of methoxy groups -OCH3 is 1. The van der Waals surface area contributed by atoms with Gasteiger partial charge < -0.3 is 18.9 Å². The molecule has 6 nitrogen and oxygen atoms in total. The molecule has 0 aliphatic carbocycles. The molecule has 0 N–H and O–H groups in total. The fraction of sp³-hybridized carbons (Fsp3) is 0.130. The Morgan fingerprint density at radius 3 is 2.34 bits per heavy atom. The molecule has 0 aliphatic rings. The molecule has 0 heterocycles. The average molecular weight is 391 g/mol. The Bertz CT molecular complexity index is 968. The van der Waals surface area contributed by atoms with Gasteiger partial charge in [-0.2, -0.15) is 0 Å². The number of rotatable bonds is 7. The Kier molecular flexibility index (Phi) is 6.84. The molecule has 3 aromatic carbocycles. The third-order valence-electron chi connectivity index (χ3n) is 3.81. The molecule has 0 aromatic heterocycles. The molecule has 29 heavy (non-hydrogen) atoms. The Hall–Kier alpha value is -3.80. The molecule has 0 radical (unpaired) electrons. The van der Waals surface area contributed by atoms with Crippen molar-refractivity contribution in [2.24, 2.45) is 4.99 Å². The summed E-state index contributed by atoms with van der Waals surface area (Å²) >= 11 is 0. The quantitative estimate of drug-likeness (QED) is 0.290. The second-order valence-corrected chi connectivity index (χ2v) is 5.86. The van der Waals surface area contributed by atoms with E-state index in [9.17, 15) is 4.79 Å². The van der Waals surface area contributed by atoms with E-state index in [0.717, 1.165) is 22.7 Å². The maximum Gasteiger partial charge on any atom is 0.513 e. The van der Waals surface area contributed by atoms with E-state index in [4.69, 9.17) is 14.2 Å². The fourth-order valence-electron chi connectivity index (χ4n) is 2.46. The number of carbonyl (C=O) groups excluding carboxylic acids is 1. The normalized spacial score (nSPS) is 10.6. The maximum absolute atomic E-state index is 11.3. The largest absolute Gasteiger partial charge is 0.513 e. The lowest BCUT2D eigenvalue weighted by Crippen LogP contribution is -2.08. The van der Waals surface area contributed by atoms with E-state index in [1.165, 1.54) is 7.11 Å². The van der Waals surface area contributed by atoms with Gasteiger partial charge in [-0.1, -0.05) is 18.2 Å². The highest BCUT2D eigenvalue weighted by molar-refractivity contribution is 5.83. The average Bonchev–Trinajstić information content (AvgIpc) is 2.75. The van der Waals surface area contributed by atoms with E-state index in [1.807, 2.05) is 61.5 Å². The van der Waals surface area contributed by atoms with Crippen LogP contribution in [0.3, 0.4) is 0 Å². The fourth-order valence-corrected chi connectivity index (χ4v) is 2.46. The topological polar surface area (TPSA) is 66.3 Å². The Labute approximate surface area is 169 Å². The number of ether oxygens (including phenoxy) is 4. The first-order valence-corrected chi connectivity index (χ1v) is 9.07. The van der Waals surface area contributed by atoms with Crippen molar-refractivity contribution in [1.29, 1.82) is 0 Å². The van der Waals surface area contributed by atoms with E-state index in [1.54, 1.807) is 24.4 Å². The minimum absolute atomic E-state index is 0.290. The second-order valence-electron chi connectivity index (χ2n) is 5.86. The van der Waals surface area contributed by atoms with Gasteiger partial charge in [0.25, 0.3) is 0 Å². The molecule has 148 valence electrons. The van der Waals surface area contributed by atoms with Crippen LogP contribution in [0.2, 0.25) is 0 Å². The molecule has 0 unspecified atom stereocenters. The number of carbonyl (C=O) groups is 1. The van der Waals surface area contributed by atoms with Gasteiger partial charge in [0, 0.05) is 6.21 Å². The van der Waals surface area contributed by atoms with Crippen LogP contribution in [0.4, 0.5) is 10.5 Å². The summed E-state index contributed by atoms with van der Waals surface area (Å²) in [6, 6.07) is 22.2. The summed E-state index contributed by atoms with van der Waals surface area (Å²) in [4.78, 5) is 15.8. The van der Waals surface area contributed by atoms with Gasteiger partial charge in [-0.25, -0.2) is 4.79 Å². The van der Waals surface area contributed by atoms with Gasteiger partial charge in [0.05, 0.1) is 19.4 Å².